The number of fused-ring (bicyclic) bond motifs is 1. The van der Waals surface area contributed by atoms with Crippen molar-refractivity contribution in [1.82, 2.24) is 0 Å². The second-order valence-corrected chi connectivity index (χ2v) is 25.9. The highest BCUT2D eigenvalue weighted by Crippen LogP contribution is 2.87. The van der Waals surface area contributed by atoms with Crippen LogP contribution in [-0.2, 0) is 20.4 Å². The Labute approximate surface area is 380 Å². The lowest BCUT2D eigenvalue weighted by molar-refractivity contribution is -0.119. The van der Waals surface area contributed by atoms with E-state index >= 15 is 4.79 Å². The third-order valence-corrected chi connectivity index (χ3v) is 26.0. The molecule has 70 heavy (non-hydrogen) atoms. The Kier molecular flexibility index (Phi) is 2.09. The number of allylic oxidation sites excluding steroid dienone is 3. The van der Waals surface area contributed by atoms with Crippen molar-refractivity contribution < 1.29 is 9.53 Å². The van der Waals surface area contributed by atoms with E-state index in [0.29, 0.717) is 0 Å². The zero-order valence-electron chi connectivity index (χ0n) is 35.7. The minimum Gasteiger partial charge on any atom is -0.501 e. The maximum absolute atomic E-state index is 16.1. The van der Waals surface area contributed by atoms with Crippen molar-refractivity contribution in [1.29, 1.82) is 0 Å². The van der Waals surface area contributed by atoms with E-state index in [0.717, 1.165) is 5.76 Å². The standard InChI is InChI=1S/C68H8O2/c1-70-8-4-6-7(69)3-2-5(8)67-63-55-47-37-27-19-11-9-10-13-17-15(11)23-31-25(17)35-29-21(13)22-14(10)18-16-12(9)20(19)28-34-24(16)32-26(18)36-30(22)40-39(29)49-43(35)53-45(31)51(41(47)33(23)27)57(63)61(53)65-59(49)60-50(40)44(36)54-46(32)52-42(34)48(38(28)37)56(55)64(67)58(52)62(54)66(60)68(6,65)67/h2-6H,1H3/t5-,6-,67?,68?/m1/s1. The van der Waals surface area contributed by atoms with E-state index in [1.807, 2.05) is 7.11 Å². The van der Waals surface area contributed by atoms with Crippen LogP contribution >= 0.6 is 0 Å². The zero-order chi connectivity index (χ0) is 41.6. The molecule has 2 spiro atoms. The topological polar surface area (TPSA) is 26.3 Å². The predicted octanol–water partition coefficient (Wildman–Crippen LogP) is 17.2. The van der Waals surface area contributed by atoms with Crippen LogP contribution in [0.1, 0.15) is 22.3 Å². The molecule has 7 aliphatic carbocycles. The van der Waals surface area contributed by atoms with Crippen LogP contribution in [0.4, 0.5) is 0 Å². The van der Waals surface area contributed by atoms with E-state index in [1.165, 1.54) is 0 Å². The number of methoxy groups -OCH3 is 1. The molecule has 2 heteroatoms. The number of carbonyl (C=O) groups excluding carboxylic acids is 1. The van der Waals surface area contributed by atoms with Gasteiger partial charge in [0.05, 0.1) is 23.9 Å². The van der Waals surface area contributed by atoms with E-state index in [4.69, 9.17) is 4.74 Å². The van der Waals surface area contributed by atoms with Crippen molar-refractivity contribution in [3.63, 3.8) is 0 Å². The molecular weight excluding hydrogens is 849 g/mol. The number of rotatable bonds is 1. The Balaban J connectivity index is 1.21. The van der Waals surface area contributed by atoms with Gasteiger partial charge in [0.2, 0.25) is 0 Å². The summed E-state index contributed by atoms with van der Waals surface area (Å²) in [6.45, 7) is 0. The van der Waals surface area contributed by atoms with Gasteiger partial charge in [-0.15, -0.1) is 0 Å². The molecule has 2 atom stereocenters. The van der Waals surface area contributed by atoms with E-state index in [2.05, 4.69) is 18.2 Å². The van der Waals surface area contributed by atoms with E-state index in [9.17, 15) is 0 Å². The monoisotopic (exact) mass is 856 g/mol. The molecule has 2 nitrogen and oxygen atoms in total. The van der Waals surface area contributed by atoms with Gasteiger partial charge < -0.3 is 4.74 Å². The normalized spacial score (nSPS) is 25.4. The molecule has 0 unspecified atom stereocenters. The molecule has 0 heterocycles. The van der Waals surface area contributed by atoms with Crippen LogP contribution in [0.5, 0.6) is 0 Å². The molecule has 0 fully saturated rings. The lowest BCUT2D eigenvalue weighted by atomic mass is 9.39. The first-order valence-electron chi connectivity index (χ1n) is 26.0. The van der Waals surface area contributed by atoms with Gasteiger partial charge in [-0.25, -0.2) is 0 Å². The first-order valence-corrected chi connectivity index (χ1v) is 26.0. The van der Waals surface area contributed by atoms with Crippen molar-refractivity contribution in [2.75, 3.05) is 7.11 Å². The molecule has 0 amide bonds. The molecular formula is C68H8O2. The lowest BCUT2D eigenvalue weighted by Crippen LogP contribution is -2.62. The fraction of sp³-hybridized carbons (Fsp3) is 0.0735. The summed E-state index contributed by atoms with van der Waals surface area (Å²) in [4.78, 5) is 16.1. The molecule has 0 saturated heterocycles. The Morgan fingerprint density at radius 2 is 0.443 bits per heavy atom. The van der Waals surface area contributed by atoms with Crippen LogP contribution in [0, 0.1) is 11.8 Å². The number of ketones is 1. The van der Waals surface area contributed by atoms with Crippen LogP contribution < -0.4 is 0 Å². The maximum Gasteiger partial charge on any atom is 0.163 e. The highest BCUT2D eigenvalue weighted by atomic mass is 16.5. The SMILES string of the molecule is COC1=C[C@@H]2C(=O)C=C[C@H]1C13c4c5c6c7c8c9c(c%10c%11c1c1c4c4c%12c5c5c6c6c8c8c%13c9c9c%10c%10c%11c%11c1c1c4c4c%12c%12c5c5c6c8c6c8c%13c9c9c%10c%10c%11c1c1c4c4c%12c5c6c5c8c9c%10c1c45)C723. The first kappa shape index (κ1) is 25.7. The summed E-state index contributed by atoms with van der Waals surface area (Å²) >= 11 is 0. The molecule has 2 bridgehead atoms. The summed E-state index contributed by atoms with van der Waals surface area (Å²) < 4.78 is 6.85. The van der Waals surface area contributed by atoms with Crippen molar-refractivity contribution in [3.8, 4) is 0 Å². The summed E-state index contributed by atoms with van der Waals surface area (Å²) in [6.07, 6.45) is 6.87. The predicted molar refractivity (Wildman–Crippen MR) is 290 cm³/mol. The first-order chi connectivity index (χ1) is 34.8. The number of hydrogen-bond donors (Lipinski definition) is 0. The Bertz CT molecular complexity index is 7190. The summed E-state index contributed by atoms with van der Waals surface area (Å²) in [7, 11) is 1.92. The molecule has 0 radical (unpaired) electrons. The smallest absolute Gasteiger partial charge is 0.163 e. The molecule has 0 N–H and O–H groups in total. The highest BCUT2D eigenvalue weighted by molar-refractivity contribution is 6.82. The summed E-state index contributed by atoms with van der Waals surface area (Å²) in [6, 6.07) is 0. The van der Waals surface area contributed by atoms with Gasteiger partial charge in [0.1, 0.15) is 5.76 Å². The largest absolute Gasteiger partial charge is 0.501 e. The molecule has 7 aliphatic rings. The summed E-state index contributed by atoms with van der Waals surface area (Å²) in [5.74, 6) is 0.755. The van der Waals surface area contributed by atoms with Crippen molar-refractivity contribution in [2.45, 2.75) is 10.8 Å². The van der Waals surface area contributed by atoms with Gasteiger partial charge in [0.25, 0.3) is 0 Å². The number of carbonyl (C=O) groups is 1. The van der Waals surface area contributed by atoms with E-state index < -0.39 is 16.7 Å². The molecule has 0 saturated carbocycles. The third-order valence-electron chi connectivity index (χ3n) is 26.0. The fourth-order valence-corrected chi connectivity index (χ4v) is 26.1. The van der Waals surface area contributed by atoms with Crippen LogP contribution in [0.15, 0.2) is 24.0 Å². The van der Waals surface area contributed by atoms with E-state index in [-0.39, 0.29) is 11.7 Å². The van der Waals surface area contributed by atoms with Gasteiger partial charge in [-0.05, 0) is 325 Å². The lowest BCUT2D eigenvalue weighted by Gasteiger charge is -2.60. The minimum absolute atomic E-state index is 0.129. The van der Waals surface area contributed by atoms with E-state index in [1.54, 1.807) is 313 Å². The zero-order valence-corrected chi connectivity index (χ0v) is 35.7. The summed E-state index contributed by atoms with van der Waals surface area (Å²) in [5, 5.41) is 86.1. The van der Waals surface area contributed by atoms with Gasteiger partial charge in [-0.3, -0.25) is 4.79 Å². The second kappa shape index (κ2) is 5.70. The van der Waals surface area contributed by atoms with Crippen LogP contribution in [0.2, 0.25) is 0 Å². The highest BCUT2D eigenvalue weighted by Gasteiger charge is 2.76. The van der Waals surface area contributed by atoms with Gasteiger partial charge in [0.15, 0.2) is 5.78 Å². The molecule has 28 aromatic rings. The van der Waals surface area contributed by atoms with Gasteiger partial charge in [0, 0.05) is 5.92 Å². The quantitative estimate of drug-likeness (QED) is 0.154. The molecule has 28 aromatic carbocycles. The number of benzene rings is 18. The van der Waals surface area contributed by atoms with Crippen molar-refractivity contribution in [3.05, 3.63) is 46.2 Å². The molecule has 0 aliphatic heterocycles. The van der Waals surface area contributed by atoms with Gasteiger partial charge >= 0.3 is 0 Å². The molecule has 35 rings (SSSR count). The average molecular weight is 857 g/mol. The number of hydrogen-bond acceptors (Lipinski definition) is 2. The number of ether oxygens (including phenoxy) is 1. The molecule has 0 aromatic heterocycles. The molecule has 292 valence electrons. The maximum atomic E-state index is 16.1. The average Bonchev–Trinajstić information content (AvgIpc) is 4.36. The summed E-state index contributed by atoms with van der Waals surface area (Å²) in [5.41, 5.74) is 5.11. The van der Waals surface area contributed by atoms with Crippen LogP contribution in [0.3, 0.4) is 0 Å². The van der Waals surface area contributed by atoms with Gasteiger partial charge in [-0.1, -0.05) is 6.08 Å². The Hall–Kier alpha value is -8.59. The fourth-order valence-electron chi connectivity index (χ4n) is 26.1. The van der Waals surface area contributed by atoms with Crippen LogP contribution in [-0.4, -0.2) is 12.9 Å². The Morgan fingerprint density at radius 1 is 0.271 bits per heavy atom. The van der Waals surface area contributed by atoms with Gasteiger partial charge in [-0.2, -0.15) is 0 Å². The second-order valence-electron chi connectivity index (χ2n) is 25.9. The third kappa shape index (κ3) is 1.30. The van der Waals surface area contributed by atoms with Crippen molar-refractivity contribution >= 4 is 297 Å². The minimum atomic E-state index is -0.633. The Morgan fingerprint density at radius 3 is 0.629 bits per heavy atom. The van der Waals surface area contributed by atoms with Crippen molar-refractivity contribution in [2.24, 2.45) is 11.8 Å². The van der Waals surface area contributed by atoms with Crippen LogP contribution in [0.25, 0.3) is 291 Å².